The van der Waals surface area contributed by atoms with E-state index in [4.69, 9.17) is 9.72 Å². The summed E-state index contributed by atoms with van der Waals surface area (Å²) in [4.78, 5) is 22.1. The van der Waals surface area contributed by atoms with Gasteiger partial charge in [-0.2, -0.15) is 5.10 Å². The van der Waals surface area contributed by atoms with E-state index >= 15 is 0 Å². The standard InChI is InChI=1S/C20H27N5O2S.ClH/c1-6-24(7-2)11-12-25(19(26)17-14(3)13-23(4)22-17)20-21-18-15(27-5)9-8-10-16(18)28-20;/h8-10,13H,6-7,11-12H2,1-5H3;1H. The predicted octanol–water partition coefficient (Wildman–Crippen LogP) is 3.76. The highest BCUT2D eigenvalue weighted by atomic mass is 35.5. The van der Waals surface area contributed by atoms with Crippen molar-refractivity contribution < 1.29 is 9.53 Å². The molecule has 2 heterocycles. The number of fused-ring (bicyclic) bond motifs is 1. The molecule has 0 aliphatic carbocycles. The first-order valence-corrected chi connectivity index (χ1v) is 10.3. The van der Waals surface area contributed by atoms with Crippen molar-refractivity contribution in [1.29, 1.82) is 0 Å². The molecule has 0 atom stereocenters. The highest BCUT2D eigenvalue weighted by Crippen LogP contribution is 2.34. The minimum Gasteiger partial charge on any atom is -0.494 e. The zero-order valence-corrected chi connectivity index (χ0v) is 19.1. The molecule has 0 bridgehead atoms. The number of halogens is 1. The first kappa shape index (κ1) is 23.1. The van der Waals surface area contributed by atoms with Crippen molar-refractivity contribution in [3.8, 4) is 5.75 Å². The fourth-order valence-corrected chi connectivity index (χ4v) is 4.21. The quantitative estimate of drug-likeness (QED) is 0.537. The molecule has 1 aromatic carbocycles. The van der Waals surface area contributed by atoms with Crippen molar-refractivity contribution >= 4 is 45.0 Å². The maximum atomic E-state index is 13.4. The second-order valence-electron chi connectivity index (χ2n) is 6.62. The number of aromatic nitrogens is 3. The number of carbonyl (C=O) groups is 1. The summed E-state index contributed by atoms with van der Waals surface area (Å²) in [5, 5.41) is 5.04. The third kappa shape index (κ3) is 4.88. The maximum absolute atomic E-state index is 13.4. The lowest BCUT2D eigenvalue weighted by atomic mass is 10.2. The molecule has 1 amide bonds. The van der Waals surface area contributed by atoms with Crippen molar-refractivity contribution in [2.45, 2.75) is 20.8 Å². The van der Waals surface area contributed by atoms with Crippen LogP contribution in [0.25, 0.3) is 10.2 Å². The largest absolute Gasteiger partial charge is 0.494 e. The second-order valence-corrected chi connectivity index (χ2v) is 7.63. The van der Waals surface area contributed by atoms with Gasteiger partial charge in [-0.15, -0.1) is 12.4 Å². The van der Waals surface area contributed by atoms with Gasteiger partial charge in [0.05, 0.1) is 11.8 Å². The summed E-state index contributed by atoms with van der Waals surface area (Å²) >= 11 is 1.50. The van der Waals surface area contributed by atoms with Crippen LogP contribution in [0, 0.1) is 6.92 Å². The Balaban J connectivity index is 0.00000300. The summed E-state index contributed by atoms with van der Waals surface area (Å²) in [6.07, 6.45) is 1.86. The molecular formula is C20H28ClN5O2S. The van der Waals surface area contributed by atoms with Crippen LogP contribution in [0.2, 0.25) is 0 Å². The van der Waals surface area contributed by atoms with Crippen LogP contribution >= 0.6 is 23.7 Å². The molecule has 158 valence electrons. The lowest BCUT2D eigenvalue weighted by Crippen LogP contribution is -2.39. The fourth-order valence-electron chi connectivity index (χ4n) is 3.20. The predicted molar refractivity (Wildman–Crippen MR) is 121 cm³/mol. The molecule has 2 aromatic heterocycles. The molecular weight excluding hydrogens is 410 g/mol. The van der Waals surface area contributed by atoms with E-state index in [0.29, 0.717) is 23.1 Å². The van der Waals surface area contributed by atoms with Gasteiger partial charge in [-0.3, -0.25) is 14.4 Å². The number of aryl methyl sites for hydroxylation is 2. The SMILES string of the molecule is CCN(CC)CCN(C(=O)c1nn(C)cc1C)c1nc2c(OC)cccc2s1.Cl. The average Bonchev–Trinajstić information content (AvgIpc) is 3.27. The summed E-state index contributed by atoms with van der Waals surface area (Å²) in [6.45, 7) is 9.37. The van der Waals surface area contributed by atoms with Crippen LogP contribution in [0.3, 0.4) is 0 Å². The molecule has 0 saturated carbocycles. The monoisotopic (exact) mass is 437 g/mol. The first-order chi connectivity index (χ1) is 13.5. The Labute approximate surface area is 181 Å². The van der Waals surface area contributed by atoms with E-state index in [1.807, 2.05) is 38.4 Å². The number of hydrogen-bond acceptors (Lipinski definition) is 6. The molecule has 3 rings (SSSR count). The van der Waals surface area contributed by atoms with E-state index in [1.165, 1.54) is 11.3 Å². The zero-order chi connectivity index (χ0) is 20.3. The van der Waals surface area contributed by atoms with Crippen molar-refractivity contribution in [1.82, 2.24) is 19.7 Å². The molecule has 9 heteroatoms. The average molecular weight is 438 g/mol. The molecule has 7 nitrogen and oxygen atoms in total. The summed E-state index contributed by atoms with van der Waals surface area (Å²) in [5.41, 5.74) is 2.11. The number of thiazole rings is 1. The lowest BCUT2D eigenvalue weighted by molar-refractivity contribution is 0.0977. The highest BCUT2D eigenvalue weighted by molar-refractivity contribution is 7.22. The third-order valence-electron chi connectivity index (χ3n) is 4.82. The third-order valence-corrected chi connectivity index (χ3v) is 5.86. The van der Waals surface area contributed by atoms with E-state index in [9.17, 15) is 4.79 Å². The van der Waals surface area contributed by atoms with Crippen molar-refractivity contribution in [2.24, 2.45) is 7.05 Å². The number of carbonyl (C=O) groups excluding carboxylic acids is 1. The van der Waals surface area contributed by atoms with Gasteiger partial charge in [0.1, 0.15) is 11.3 Å². The Bertz CT molecular complexity index is 967. The molecule has 0 saturated heterocycles. The van der Waals surface area contributed by atoms with Crippen LogP contribution in [-0.4, -0.2) is 58.9 Å². The van der Waals surface area contributed by atoms with E-state index in [1.54, 1.807) is 16.7 Å². The van der Waals surface area contributed by atoms with Gasteiger partial charge in [-0.05, 0) is 32.1 Å². The Morgan fingerprint density at radius 1 is 1.24 bits per heavy atom. The van der Waals surface area contributed by atoms with Crippen LogP contribution in [0.1, 0.15) is 29.9 Å². The van der Waals surface area contributed by atoms with Gasteiger partial charge in [0.2, 0.25) is 0 Å². The van der Waals surface area contributed by atoms with Crippen LogP contribution in [0.5, 0.6) is 5.75 Å². The Hall–Kier alpha value is -2.16. The summed E-state index contributed by atoms with van der Waals surface area (Å²) in [6, 6.07) is 5.82. The van der Waals surface area contributed by atoms with Crippen LogP contribution in [0.15, 0.2) is 24.4 Å². The normalized spacial score (nSPS) is 11.0. The molecule has 0 aliphatic rings. The summed E-state index contributed by atoms with van der Waals surface area (Å²) in [5.74, 6) is 0.591. The number of benzene rings is 1. The Kier molecular flexibility index (Phi) is 8.01. The maximum Gasteiger partial charge on any atom is 0.280 e. The zero-order valence-electron chi connectivity index (χ0n) is 17.5. The van der Waals surface area contributed by atoms with Gasteiger partial charge >= 0.3 is 0 Å². The van der Waals surface area contributed by atoms with E-state index < -0.39 is 0 Å². The van der Waals surface area contributed by atoms with Crippen molar-refractivity contribution in [3.63, 3.8) is 0 Å². The summed E-state index contributed by atoms with van der Waals surface area (Å²) in [7, 11) is 3.46. The number of amides is 1. The molecule has 3 aromatic rings. The number of methoxy groups -OCH3 is 1. The van der Waals surface area contributed by atoms with Crippen LogP contribution in [-0.2, 0) is 7.05 Å². The second kappa shape index (κ2) is 10.0. The number of nitrogens with zero attached hydrogens (tertiary/aromatic N) is 5. The Morgan fingerprint density at radius 2 is 1.97 bits per heavy atom. The van der Waals surface area contributed by atoms with E-state index in [0.717, 1.165) is 35.4 Å². The van der Waals surface area contributed by atoms with Gasteiger partial charge in [0, 0.05) is 31.9 Å². The number of ether oxygens (including phenoxy) is 1. The number of rotatable bonds is 8. The van der Waals surface area contributed by atoms with E-state index in [2.05, 4.69) is 23.8 Å². The Morgan fingerprint density at radius 3 is 2.55 bits per heavy atom. The molecule has 0 fully saturated rings. The minimum absolute atomic E-state index is 0. The number of likely N-dealkylation sites (N-methyl/N-ethyl adjacent to an activating group) is 1. The topological polar surface area (TPSA) is 63.5 Å². The molecule has 0 aliphatic heterocycles. The fraction of sp³-hybridized carbons (Fsp3) is 0.450. The van der Waals surface area contributed by atoms with Crippen molar-refractivity contribution in [3.05, 3.63) is 35.7 Å². The highest BCUT2D eigenvalue weighted by Gasteiger charge is 2.25. The van der Waals surface area contributed by atoms with Gasteiger partial charge in [0.15, 0.2) is 10.8 Å². The molecule has 0 spiro atoms. The lowest BCUT2D eigenvalue weighted by Gasteiger charge is -2.24. The van der Waals surface area contributed by atoms with Gasteiger partial charge in [0.25, 0.3) is 5.91 Å². The van der Waals surface area contributed by atoms with Crippen LogP contribution in [0.4, 0.5) is 5.13 Å². The number of hydrogen-bond donors (Lipinski definition) is 0. The van der Waals surface area contributed by atoms with Crippen molar-refractivity contribution in [2.75, 3.05) is 38.2 Å². The van der Waals surface area contributed by atoms with Gasteiger partial charge in [-0.1, -0.05) is 31.3 Å². The molecule has 29 heavy (non-hydrogen) atoms. The minimum atomic E-state index is -0.122. The van der Waals surface area contributed by atoms with Crippen LogP contribution < -0.4 is 9.64 Å². The molecule has 0 radical (unpaired) electrons. The first-order valence-electron chi connectivity index (χ1n) is 9.46. The van der Waals surface area contributed by atoms with E-state index in [-0.39, 0.29) is 18.3 Å². The molecule has 0 unspecified atom stereocenters. The number of para-hydroxylation sites is 1. The van der Waals surface area contributed by atoms with Gasteiger partial charge in [-0.25, -0.2) is 4.98 Å². The molecule has 0 N–H and O–H groups in total. The van der Waals surface area contributed by atoms with Gasteiger partial charge < -0.3 is 9.64 Å². The summed E-state index contributed by atoms with van der Waals surface area (Å²) < 4.78 is 8.10. The number of anilines is 1. The smallest absolute Gasteiger partial charge is 0.280 e.